The van der Waals surface area contributed by atoms with E-state index in [0.29, 0.717) is 31.0 Å². The van der Waals surface area contributed by atoms with Crippen LogP contribution in [0.1, 0.15) is 49.2 Å². The molecule has 35 heavy (non-hydrogen) atoms. The highest BCUT2D eigenvalue weighted by molar-refractivity contribution is 7.89. The molecular weight excluding hydrogens is 478 g/mol. The predicted molar refractivity (Wildman–Crippen MR) is 119 cm³/mol. The van der Waals surface area contributed by atoms with E-state index >= 15 is 0 Å². The fourth-order valence-electron chi connectivity index (χ4n) is 6.31. The average Bonchev–Trinajstić information content (AvgIpc) is 3.43. The lowest BCUT2D eigenvalue weighted by Crippen LogP contribution is -2.76. The topological polar surface area (TPSA) is 102 Å². The molecule has 1 N–H and O–H groups in total. The fraction of sp³-hybridized carbons (Fsp3) is 0.609. The maximum Gasteiger partial charge on any atom is 0.320 e. The van der Waals surface area contributed by atoms with E-state index in [2.05, 4.69) is 15.2 Å². The molecule has 2 spiro atoms. The summed E-state index contributed by atoms with van der Waals surface area (Å²) in [6.45, 7) is 3.11. The minimum atomic E-state index is -3.87. The van der Waals surface area contributed by atoms with Gasteiger partial charge in [-0.25, -0.2) is 22.0 Å². The van der Waals surface area contributed by atoms with Gasteiger partial charge < -0.3 is 14.8 Å². The first kappa shape index (κ1) is 21.7. The molecule has 5 fully saturated rings. The monoisotopic (exact) mass is 504 g/mol. The SMILES string of the molecule is O=C(N1CC2(CC(c3nnc(C4CC4)[nH]3)C2)C1)N1CC2(C1)CN(S(=O)(=O)c1ccc(F)c(F)c1)C2. The van der Waals surface area contributed by atoms with Crippen molar-refractivity contribution in [2.24, 2.45) is 10.8 Å². The van der Waals surface area contributed by atoms with Crippen LogP contribution in [0.4, 0.5) is 13.6 Å². The number of nitrogens with one attached hydrogen (secondary N) is 1. The number of aromatic nitrogens is 3. The Kier molecular flexibility index (Phi) is 4.33. The summed E-state index contributed by atoms with van der Waals surface area (Å²) in [5.74, 6) is 0.705. The number of urea groups is 1. The molecule has 1 aromatic carbocycles. The molecule has 0 radical (unpaired) electrons. The number of hydrogen-bond acceptors (Lipinski definition) is 5. The zero-order valence-corrected chi connectivity index (χ0v) is 19.9. The van der Waals surface area contributed by atoms with Gasteiger partial charge in [-0.2, -0.15) is 4.31 Å². The van der Waals surface area contributed by atoms with Crippen LogP contribution in [0.5, 0.6) is 0 Å². The smallest absolute Gasteiger partial charge is 0.320 e. The molecule has 12 heteroatoms. The van der Waals surface area contributed by atoms with Crippen molar-refractivity contribution in [2.45, 2.75) is 42.4 Å². The van der Waals surface area contributed by atoms with Gasteiger partial charge >= 0.3 is 6.03 Å². The lowest BCUT2D eigenvalue weighted by atomic mass is 9.57. The molecule has 3 aliphatic heterocycles. The number of rotatable bonds is 4. The van der Waals surface area contributed by atoms with Crippen molar-refractivity contribution in [3.63, 3.8) is 0 Å². The Balaban J connectivity index is 0.888. The Bertz CT molecular complexity index is 1310. The summed E-state index contributed by atoms with van der Waals surface area (Å²) < 4.78 is 53.3. The van der Waals surface area contributed by atoms with Gasteiger partial charge in [-0.15, -0.1) is 10.2 Å². The zero-order valence-electron chi connectivity index (χ0n) is 19.1. The molecule has 3 saturated heterocycles. The molecule has 5 aliphatic rings. The maximum atomic E-state index is 13.5. The van der Waals surface area contributed by atoms with Gasteiger partial charge in [0.15, 0.2) is 11.6 Å². The van der Waals surface area contributed by atoms with Crippen molar-refractivity contribution < 1.29 is 22.0 Å². The minimum absolute atomic E-state index is 0.0160. The number of carbonyl (C=O) groups excluding carboxylic acids is 1. The van der Waals surface area contributed by atoms with E-state index in [0.717, 1.165) is 49.7 Å². The molecule has 0 unspecified atom stereocenters. The van der Waals surface area contributed by atoms with Gasteiger partial charge in [-0.05, 0) is 43.9 Å². The Morgan fingerprint density at radius 2 is 1.49 bits per heavy atom. The zero-order chi connectivity index (χ0) is 24.2. The molecule has 7 rings (SSSR count). The van der Waals surface area contributed by atoms with Crippen molar-refractivity contribution in [1.29, 1.82) is 0 Å². The number of amides is 2. The molecule has 2 saturated carbocycles. The predicted octanol–water partition coefficient (Wildman–Crippen LogP) is 2.27. The Labute approximate surface area is 201 Å². The second-order valence-corrected chi connectivity index (χ2v) is 13.3. The van der Waals surface area contributed by atoms with Crippen molar-refractivity contribution in [3.05, 3.63) is 41.5 Å². The number of benzene rings is 1. The quantitative estimate of drug-likeness (QED) is 0.688. The Morgan fingerprint density at radius 3 is 2.09 bits per heavy atom. The number of H-pyrrole nitrogens is 1. The van der Waals surface area contributed by atoms with E-state index in [9.17, 15) is 22.0 Å². The van der Waals surface area contributed by atoms with Crippen LogP contribution in [-0.2, 0) is 10.0 Å². The number of hydrogen-bond donors (Lipinski definition) is 1. The number of halogens is 2. The van der Waals surface area contributed by atoms with Crippen LogP contribution in [0.2, 0.25) is 0 Å². The number of carbonyl (C=O) groups is 1. The first-order valence-corrected chi connectivity index (χ1v) is 13.5. The average molecular weight is 505 g/mol. The molecule has 0 atom stereocenters. The molecule has 4 heterocycles. The largest absolute Gasteiger partial charge is 0.328 e. The summed E-state index contributed by atoms with van der Waals surface area (Å²) in [6.07, 6.45) is 4.44. The van der Waals surface area contributed by atoms with Gasteiger partial charge in [0.1, 0.15) is 11.6 Å². The number of nitrogens with zero attached hydrogens (tertiary/aromatic N) is 5. The summed E-state index contributed by atoms with van der Waals surface area (Å²) in [6, 6.07) is 2.63. The van der Waals surface area contributed by atoms with Crippen LogP contribution < -0.4 is 0 Å². The van der Waals surface area contributed by atoms with E-state index in [-0.39, 0.29) is 34.8 Å². The Morgan fingerprint density at radius 1 is 0.886 bits per heavy atom. The van der Waals surface area contributed by atoms with Gasteiger partial charge in [0.25, 0.3) is 0 Å². The minimum Gasteiger partial charge on any atom is -0.328 e. The summed E-state index contributed by atoms with van der Waals surface area (Å²) >= 11 is 0. The van der Waals surface area contributed by atoms with E-state index in [1.165, 1.54) is 17.1 Å². The molecule has 0 bridgehead atoms. The van der Waals surface area contributed by atoms with Crippen molar-refractivity contribution in [1.82, 2.24) is 29.3 Å². The number of likely N-dealkylation sites (tertiary alicyclic amines) is 2. The second-order valence-electron chi connectivity index (χ2n) is 11.3. The van der Waals surface area contributed by atoms with Crippen LogP contribution in [0.3, 0.4) is 0 Å². The Hall–Kier alpha value is -2.60. The van der Waals surface area contributed by atoms with Crippen LogP contribution in [0.15, 0.2) is 23.1 Å². The number of aromatic amines is 1. The molecule has 9 nitrogen and oxygen atoms in total. The second kappa shape index (κ2) is 7.00. The molecule has 1 aromatic heterocycles. The lowest BCUT2D eigenvalue weighted by Gasteiger charge is -2.63. The standard InChI is InChI=1S/C23H26F2N6O3S/c24-17-4-3-16(5-18(17)25)35(33,34)31-12-23(13-31)10-30(11-23)21(32)29-8-22(9-29)6-15(7-22)20-26-19(27-28-20)14-1-2-14/h3-5,14-15H,1-2,6-13H2,(H,26,27,28). The summed E-state index contributed by atoms with van der Waals surface area (Å²) in [5, 5.41) is 8.61. The maximum absolute atomic E-state index is 13.5. The highest BCUT2D eigenvalue weighted by Crippen LogP contribution is 2.56. The van der Waals surface area contributed by atoms with E-state index in [1.807, 2.05) is 4.90 Å². The molecule has 2 aliphatic carbocycles. The van der Waals surface area contributed by atoms with Crippen LogP contribution in [0, 0.1) is 22.5 Å². The molecular formula is C23H26F2N6O3S. The summed E-state index contributed by atoms with van der Waals surface area (Å²) in [4.78, 5) is 19.7. The van der Waals surface area contributed by atoms with Crippen LogP contribution >= 0.6 is 0 Å². The highest BCUT2D eigenvalue weighted by atomic mass is 32.2. The fourth-order valence-corrected chi connectivity index (χ4v) is 7.98. The first-order valence-electron chi connectivity index (χ1n) is 12.1. The van der Waals surface area contributed by atoms with Crippen LogP contribution in [-0.4, -0.2) is 83.0 Å². The van der Waals surface area contributed by atoms with Crippen molar-refractivity contribution >= 4 is 16.1 Å². The molecule has 186 valence electrons. The van der Waals surface area contributed by atoms with Gasteiger partial charge in [-0.1, -0.05) is 0 Å². The van der Waals surface area contributed by atoms with Gasteiger partial charge in [0.2, 0.25) is 10.0 Å². The van der Waals surface area contributed by atoms with Crippen molar-refractivity contribution in [3.8, 4) is 0 Å². The third-order valence-electron chi connectivity index (χ3n) is 8.43. The molecule has 2 amide bonds. The highest BCUT2D eigenvalue weighted by Gasteiger charge is 2.60. The van der Waals surface area contributed by atoms with E-state index in [4.69, 9.17) is 0 Å². The lowest BCUT2D eigenvalue weighted by molar-refractivity contribution is -0.0930. The third-order valence-corrected chi connectivity index (χ3v) is 10.2. The normalized spacial score (nSPS) is 25.2. The van der Waals surface area contributed by atoms with E-state index in [1.54, 1.807) is 4.90 Å². The molecule has 2 aromatic rings. The summed E-state index contributed by atoms with van der Waals surface area (Å²) in [5.41, 5.74) is -0.0435. The van der Waals surface area contributed by atoms with Crippen molar-refractivity contribution in [2.75, 3.05) is 39.3 Å². The van der Waals surface area contributed by atoms with Gasteiger partial charge in [0.05, 0.1) is 4.90 Å². The van der Waals surface area contributed by atoms with E-state index < -0.39 is 21.7 Å². The third kappa shape index (κ3) is 3.32. The first-order chi connectivity index (χ1) is 16.7. The van der Waals surface area contributed by atoms with Gasteiger partial charge in [-0.3, -0.25) is 0 Å². The number of sulfonamides is 1. The van der Waals surface area contributed by atoms with Crippen LogP contribution in [0.25, 0.3) is 0 Å². The van der Waals surface area contributed by atoms with Gasteiger partial charge in [0, 0.05) is 61.9 Å². The summed E-state index contributed by atoms with van der Waals surface area (Å²) in [7, 11) is -3.87.